The fraction of sp³-hybridized carbons (Fsp3) is 0.625. The average molecular weight is 262 g/mol. The van der Waals surface area contributed by atoms with E-state index in [2.05, 4.69) is 41.8 Å². The molecule has 106 valence electrons. The van der Waals surface area contributed by atoms with E-state index in [1.807, 2.05) is 6.07 Å². The van der Waals surface area contributed by atoms with E-state index >= 15 is 0 Å². The van der Waals surface area contributed by atoms with Crippen LogP contribution in [0, 0.1) is 0 Å². The van der Waals surface area contributed by atoms with E-state index < -0.39 is 0 Å². The normalized spacial score (nSPS) is 22.3. The first-order valence-corrected chi connectivity index (χ1v) is 7.42. The lowest BCUT2D eigenvalue weighted by Crippen LogP contribution is -2.43. The number of rotatable bonds is 7. The van der Waals surface area contributed by atoms with Crippen LogP contribution in [0.15, 0.2) is 30.3 Å². The largest absolute Gasteiger partial charge is 0.395 e. The highest BCUT2D eigenvalue weighted by Crippen LogP contribution is 2.12. The molecule has 1 aliphatic heterocycles. The average Bonchev–Trinajstić information content (AvgIpc) is 2.92. The van der Waals surface area contributed by atoms with Crippen molar-refractivity contribution in [3.05, 3.63) is 35.9 Å². The summed E-state index contributed by atoms with van der Waals surface area (Å²) in [6.07, 6.45) is 4.62. The SMILES string of the molecule is CC(CC1CCCN1)N[C@H](CO)Cc1ccccc1. The van der Waals surface area contributed by atoms with Crippen LogP contribution in [0.4, 0.5) is 0 Å². The van der Waals surface area contributed by atoms with Crippen LogP contribution in [0.1, 0.15) is 31.7 Å². The van der Waals surface area contributed by atoms with Crippen LogP contribution in [0.2, 0.25) is 0 Å². The zero-order chi connectivity index (χ0) is 13.5. The molecule has 3 nitrogen and oxygen atoms in total. The van der Waals surface area contributed by atoms with Crippen LogP contribution >= 0.6 is 0 Å². The molecule has 2 rings (SSSR count). The maximum Gasteiger partial charge on any atom is 0.0587 e. The molecule has 0 aromatic heterocycles. The molecule has 19 heavy (non-hydrogen) atoms. The summed E-state index contributed by atoms with van der Waals surface area (Å²) in [6.45, 7) is 3.57. The van der Waals surface area contributed by atoms with Gasteiger partial charge in [-0.05, 0) is 44.7 Å². The predicted molar refractivity (Wildman–Crippen MR) is 79.3 cm³/mol. The molecule has 3 N–H and O–H groups in total. The standard InChI is InChI=1S/C16H26N2O/c1-13(10-15-8-5-9-17-15)18-16(12-19)11-14-6-3-2-4-7-14/h2-4,6-7,13,15-19H,5,8-12H2,1H3/t13?,15?,16-/m0/s1. The first kappa shape index (κ1) is 14.5. The topological polar surface area (TPSA) is 44.3 Å². The van der Waals surface area contributed by atoms with Crippen LogP contribution in [0.3, 0.4) is 0 Å². The van der Waals surface area contributed by atoms with Gasteiger partial charge in [0, 0.05) is 18.1 Å². The third kappa shape index (κ3) is 4.94. The van der Waals surface area contributed by atoms with Crippen molar-refractivity contribution >= 4 is 0 Å². The minimum Gasteiger partial charge on any atom is -0.395 e. The summed E-state index contributed by atoms with van der Waals surface area (Å²) in [5.74, 6) is 0. The van der Waals surface area contributed by atoms with Gasteiger partial charge in [0.15, 0.2) is 0 Å². The highest BCUT2D eigenvalue weighted by atomic mass is 16.3. The Labute approximate surface area is 116 Å². The van der Waals surface area contributed by atoms with Gasteiger partial charge in [-0.1, -0.05) is 30.3 Å². The fourth-order valence-corrected chi connectivity index (χ4v) is 2.93. The molecule has 2 unspecified atom stereocenters. The molecule has 1 fully saturated rings. The maximum absolute atomic E-state index is 9.52. The van der Waals surface area contributed by atoms with Crippen molar-refractivity contribution in [1.29, 1.82) is 0 Å². The number of hydrogen-bond acceptors (Lipinski definition) is 3. The first-order chi connectivity index (χ1) is 9.28. The second-order valence-corrected chi connectivity index (χ2v) is 5.67. The van der Waals surface area contributed by atoms with Crippen LogP contribution in [0.25, 0.3) is 0 Å². The van der Waals surface area contributed by atoms with Gasteiger partial charge in [0.1, 0.15) is 0 Å². The molecule has 0 aliphatic carbocycles. The van der Waals surface area contributed by atoms with Crippen molar-refractivity contribution in [1.82, 2.24) is 10.6 Å². The van der Waals surface area contributed by atoms with Gasteiger partial charge in [0.05, 0.1) is 6.61 Å². The second kappa shape index (κ2) is 7.63. The molecule has 0 amide bonds. The van der Waals surface area contributed by atoms with Crippen LogP contribution in [-0.4, -0.2) is 36.4 Å². The van der Waals surface area contributed by atoms with Crippen molar-refractivity contribution in [3.8, 4) is 0 Å². The monoisotopic (exact) mass is 262 g/mol. The molecule has 1 aromatic carbocycles. The van der Waals surface area contributed by atoms with Gasteiger partial charge in [-0.15, -0.1) is 0 Å². The Morgan fingerprint density at radius 3 is 2.79 bits per heavy atom. The van der Waals surface area contributed by atoms with Crippen molar-refractivity contribution in [2.45, 2.75) is 50.7 Å². The minimum absolute atomic E-state index is 0.152. The summed E-state index contributed by atoms with van der Waals surface area (Å²) < 4.78 is 0. The molecule has 1 saturated heterocycles. The molecule has 1 heterocycles. The molecule has 0 saturated carbocycles. The van der Waals surface area contributed by atoms with Gasteiger partial charge >= 0.3 is 0 Å². The zero-order valence-electron chi connectivity index (χ0n) is 11.8. The van der Waals surface area contributed by atoms with Crippen molar-refractivity contribution in [2.24, 2.45) is 0 Å². The Morgan fingerprint density at radius 2 is 2.16 bits per heavy atom. The molecule has 1 aromatic rings. The zero-order valence-corrected chi connectivity index (χ0v) is 11.8. The lowest BCUT2D eigenvalue weighted by Gasteiger charge is -2.24. The summed E-state index contributed by atoms with van der Waals surface area (Å²) in [4.78, 5) is 0. The maximum atomic E-state index is 9.52. The van der Waals surface area contributed by atoms with Gasteiger partial charge in [-0.2, -0.15) is 0 Å². The van der Waals surface area contributed by atoms with Gasteiger partial charge < -0.3 is 15.7 Å². The van der Waals surface area contributed by atoms with Gasteiger partial charge in [0.2, 0.25) is 0 Å². The smallest absolute Gasteiger partial charge is 0.0587 e. The Bertz CT molecular complexity index is 349. The fourth-order valence-electron chi connectivity index (χ4n) is 2.93. The molecule has 0 radical (unpaired) electrons. The quantitative estimate of drug-likeness (QED) is 0.701. The first-order valence-electron chi connectivity index (χ1n) is 7.42. The van der Waals surface area contributed by atoms with E-state index in [0.29, 0.717) is 12.1 Å². The minimum atomic E-state index is 0.152. The van der Waals surface area contributed by atoms with Crippen molar-refractivity contribution < 1.29 is 5.11 Å². The number of aliphatic hydroxyl groups excluding tert-OH is 1. The highest BCUT2D eigenvalue weighted by Gasteiger charge is 2.19. The van der Waals surface area contributed by atoms with E-state index in [1.54, 1.807) is 0 Å². The Balaban J connectivity index is 1.77. The molecule has 3 atom stereocenters. The molecule has 3 heteroatoms. The number of aliphatic hydroxyl groups is 1. The second-order valence-electron chi connectivity index (χ2n) is 5.67. The molecule has 0 spiro atoms. The summed E-state index contributed by atoms with van der Waals surface area (Å²) in [5.41, 5.74) is 1.28. The number of benzene rings is 1. The van der Waals surface area contributed by atoms with Crippen LogP contribution in [0.5, 0.6) is 0 Å². The summed E-state index contributed by atoms with van der Waals surface area (Å²) >= 11 is 0. The Kier molecular flexibility index (Phi) is 5.83. The van der Waals surface area contributed by atoms with E-state index in [4.69, 9.17) is 0 Å². The Hall–Kier alpha value is -0.900. The van der Waals surface area contributed by atoms with E-state index in [-0.39, 0.29) is 12.6 Å². The number of nitrogens with one attached hydrogen (secondary N) is 2. The lowest BCUT2D eigenvalue weighted by molar-refractivity contribution is 0.227. The highest BCUT2D eigenvalue weighted by molar-refractivity contribution is 5.15. The number of hydrogen-bond donors (Lipinski definition) is 3. The summed E-state index contributed by atoms with van der Waals surface area (Å²) in [5, 5.41) is 16.6. The van der Waals surface area contributed by atoms with Gasteiger partial charge in [-0.3, -0.25) is 0 Å². The van der Waals surface area contributed by atoms with E-state index in [1.165, 1.54) is 18.4 Å². The molecule has 0 bridgehead atoms. The summed E-state index contributed by atoms with van der Waals surface area (Å²) in [7, 11) is 0. The van der Waals surface area contributed by atoms with E-state index in [9.17, 15) is 5.11 Å². The van der Waals surface area contributed by atoms with Gasteiger partial charge in [-0.25, -0.2) is 0 Å². The predicted octanol–water partition coefficient (Wildman–Crippen LogP) is 1.71. The summed E-state index contributed by atoms with van der Waals surface area (Å²) in [6, 6.07) is 11.6. The van der Waals surface area contributed by atoms with Crippen molar-refractivity contribution in [3.63, 3.8) is 0 Å². The molecule has 1 aliphatic rings. The third-order valence-corrected chi connectivity index (χ3v) is 3.87. The van der Waals surface area contributed by atoms with Crippen LogP contribution in [-0.2, 0) is 6.42 Å². The van der Waals surface area contributed by atoms with Gasteiger partial charge in [0.25, 0.3) is 0 Å². The third-order valence-electron chi connectivity index (χ3n) is 3.87. The lowest BCUT2D eigenvalue weighted by atomic mass is 10.0. The van der Waals surface area contributed by atoms with Crippen LogP contribution < -0.4 is 10.6 Å². The van der Waals surface area contributed by atoms with E-state index in [0.717, 1.165) is 19.4 Å². The molecular formula is C16H26N2O. The Morgan fingerprint density at radius 1 is 1.37 bits per heavy atom. The molecular weight excluding hydrogens is 236 g/mol. The van der Waals surface area contributed by atoms with Crippen molar-refractivity contribution in [2.75, 3.05) is 13.2 Å².